The van der Waals surface area contributed by atoms with Gasteiger partial charge in [0, 0.05) is 18.9 Å². The van der Waals surface area contributed by atoms with Crippen molar-refractivity contribution < 1.29 is 27.8 Å². The molecular formula is C17H21F2NO4. The van der Waals surface area contributed by atoms with Gasteiger partial charge < -0.3 is 14.8 Å². The van der Waals surface area contributed by atoms with Crippen molar-refractivity contribution in [3.8, 4) is 0 Å². The predicted octanol–water partition coefficient (Wildman–Crippen LogP) is 3.28. The number of esters is 1. The highest BCUT2D eigenvalue weighted by atomic mass is 19.3. The van der Waals surface area contributed by atoms with Crippen molar-refractivity contribution in [2.45, 2.75) is 44.8 Å². The lowest BCUT2D eigenvalue weighted by Gasteiger charge is -2.34. The van der Waals surface area contributed by atoms with Crippen molar-refractivity contribution in [3.05, 3.63) is 35.9 Å². The summed E-state index contributed by atoms with van der Waals surface area (Å²) in [5.74, 6) is -4.72. The molecule has 2 unspecified atom stereocenters. The van der Waals surface area contributed by atoms with Gasteiger partial charge in [-0.1, -0.05) is 30.3 Å². The average Bonchev–Trinajstić information content (AvgIpc) is 2.55. The predicted molar refractivity (Wildman–Crippen MR) is 82.5 cm³/mol. The zero-order valence-corrected chi connectivity index (χ0v) is 13.5. The van der Waals surface area contributed by atoms with Crippen LogP contribution in [0.25, 0.3) is 0 Å². The lowest BCUT2D eigenvalue weighted by Crippen LogP contribution is -2.49. The number of amides is 1. The summed E-state index contributed by atoms with van der Waals surface area (Å²) < 4.78 is 37.1. The summed E-state index contributed by atoms with van der Waals surface area (Å²) in [6, 6.07) is 8.36. The van der Waals surface area contributed by atoms with Crippen molar-refractivity contribution in [3.63, 3.8) is 0 Å². The van der Waals surface area contributed by atoms with Gasteiger partial charge in [-0.15, -0.1) is 0 Å². The molecule has 2 rings (SSSR count). The van der Waals surface area contributed by atoms with E-state index in [2.05, 4.69) is 5.32 Å². The Kier molecular flexibility index (Phi) is 6.11. The molecule has 1 aromatic carbocycles. The highest BCUT2D eigenvalue weighted by Crippen LogP contribution is 2.37. The lowest BCUT2D eigenvalue weighted by molar-refractivity contribution is -0.156. The summed E-state index contributed by atoms with van der Waals surface area (Å²) in [5, 5.41) is 2.52. The number of hydrogen-bond acceptors (Lipinski definition) is 4. The molecule has 1 amide bonds. The normalized spacial score (nSPS) is 22.5. The molecule has 132 valence electrons. The molecule has 1 aliphatic carbocycles. The molecule has 0 bridgehead atoms. The van der Waals surface area contributed by atoms with E-state index >= 15 is 0 Å². The number of halogens is 2. The van der Waals surface area contributed by atoms with Crippen LogP contribution in [0.5, 0.6) is 0 Å². The Labute approximate surface area is 139 Å². The summed E-state index contributed by atoms with van der Waals surface area (Å²) in [5.41, 5.74) is 0.810. The lowest BCUT2D eigenvalue weighted by atomic mass is 9.82. The molecule has 7 heteroatoms. The largest absolute Gasteiger partial charge is 0.466 e. The van der Waals surface area contributed by atoms with Crippen LogP contribution in [0.4, 0.5) is 13.6 Å². The molecule has 1 aliphatic rings. The quantitative estimate of drug-likeness (QED) is 0.835. The minimum absolute atomic E-state index is 0.00306. The first-order valence-electron chi connectivity index (χ1n) is 7.93. The molecule has 0 aromatic heterocycles. The smallest absolute Gasteiger partial charge is 0.407 e. The Morgan fingerprint density at radius 3 is 2.62 bits per heavy atom. The van der Waals surface area contributed by atoms with Crippen LogP contribution in [0.1, 0.15) is 31.7 Å². The van der Waals surface area contributed by atoms with Crippen molar-refractivity contribution in [1.82, 2.24) is 5.32 Å². The van der Waals surface area contributed by atoms with E-state index in [0.29, 0.717) is 0 Å². The number of alkyl carbamates (subject to hydrolysis) is 1. The average molecular weight is 341 g/mol. The maximum atomic E-state index is 13.6. The SMILES string of the molecule is CCOC(=O)C1CC(F)(F)CCC1NC(=O)OCc1ccccc1. The Morgan fingerprint density at radius 2 is 1.96 bits per heavy atom. The summed E-state index contributed by atoms with van der Waals surface area (Å²) in [4.78, 5) is 23.8. The number of carbonyl (C=O) groups excluding carboxylic acids is 2. The molecule has 2 atom stereocenters. The molecule has 0 saturated heterocycles. The Hall–Kier alpha value is -2.18. The van der Waals surface area contributed by atoms with Crippen LogP contribution in [-0.4, -0.2) is 30.6 Å². The molecule has 0 spiro atoms. The number of nitrogens with one attached hydrogen (secondary N) is 1. The van der Waals surface area contributed by atoms with Crippen LogP contribution in [0, 0.1) is 5.92 Å². The van der Waals surface area contributed by atoms with Crippen molar-refractivity contribution >= 4 is 12.1 Å². The Bertz CT molecular complexity index is 565. The van der Waals surface area contributed by atoms with Gasteiger partial charge >= 0.3 is 12.1 Å². The summed E-state index contributed by atoms with van der Waals surface area (Å²) in [7, 11) is 0. The first-order chi connectivity index (χ1) is 11.4. The molecule has 1 saturated carbocycles. The van der Waals surface area contributed by atoms with Gasteiger partial charge in [-0.2, -0.15) is 0 Å². The van der Waals surface area contributed by atoms with Gasteiger partial charge in [-0.25, -0.2) is 13.6 Å². The zero-order chi connectivity index (χ0) is 17.6. The van der Waals surface area contributed by atoms with Gasteiger partial charge in [0.15, 0.2) is 0 Å². The van der Waals surface area contributed by atoms with Crippen LogP contribution in [0.3, 0.4) is 0 Å². The summed E-state index contributed by atoms with van der Waals surface area (Å²) in [6.07, 6.45) is -1.75. The number of benzene rings is 1. The molecule has 1 aromatic rings. The van der Waals surface area contributed by atoms with E-state index in [4.69, 9.17) is 9.47 Å². The monoisotopic (exact) mass is 341 g/mol. The third-order valence-corrected chi connectivity index (χ3v) is 3.93. The molecule has 5 nitrogen and oxygen atoms in total. The van der Waals surface area contributed by atoms with Crippen LogP contribution in [0.15, 0.2) is 30.3 Å². The molecule has 24 heavy (non-hydrogen) atoms. The van der Waals surface area contributed by atoms with E-state index in [1.165, 1.54) is 0 Å². The summed E-state index contributed by atoms with van der Waals surface area (Å²) >= 11 is 0. The maximum absolute atomic E-state index is 13.6. The number of alkyl halides is 2. The van der Waals surface area contributed by atoms with E-state index in [0.717, 1.165) is 5.56 Å². The van der Waals surface area contributed by atoms with Crippen LogP contribution in [-0.2, 0) is 20.9 Å². The number of rotatable bonds is 5. The van der Waals surface area contributed by atoms with E-state index < -0.39 is 36.4 Å². The van der Waals surface area contributed by atoms with E-state index in [9.17, 15) is 18.4 Å². The number of hydrogen-bond donors (Lipinski definition) is 1. The fourth-order valence-electron chi connectivity index (χ4n) is 2.72. The topological polar surface area (TPSA) is 64.6 Å². The first-order valence-corrected chi connectivity index (χ1v) is 7.93. The third-order valence-electron chi connectivity index (χ3n) is 3.93. The number of carbonyl (C=O) groups is 2. The highest BCUT2D eigenvalue weighted by Gasteiger charge is 2.46. The van der Waals surface area contributed by atoms with Gasteiger partial charge in [-0.05, 0) is 18.9 Å². The summed E-state index contributed by atoms with van der Waals surface area (Å²) in [6.45, 7) is 1.78. The fourth-order valence-corrected chi connectivity index (χ4v) is 2.72. The van der Waals surface area contributed by atoms with E-state index in [1.807, 2.05) is 18.2 Å². The van der Waals surface area contributed by atoms with Crippen molar-refractivity contribution in [2.75, 3.05) is 6.61 Å². The second kappa shape index (κ2) is 8.08. The second-order valence-corrected chi connectivity index (χ2v) is 5.77. The van der Waals surface area contributed by atoms with Crippen LogP contribution < -0.4 is 5.32 Å². The molecular weight excluding hydrogens is 320 g/mol. The minimum Gasteiger partial charge on any atom is -0.466 e. The Morgan fingerprint density at radius 1 is 1.25 bits per heavy atom. The maximum Gasteiger partial charge on any atom is 0.407 e. The highest BCUT2D eigenvalue weighted by molar-refractivity contribution is 5.75. The zero-order valence-electron chi connectivity index (χ0n) is 13.5. The van der Waals surface area contributed by atoms with Gasteiger partial charge in [-0.3, -0.25) is 4.79 Å². The van der Waals surface area contributed by atoms with Gasteiger partial charge in [0.2, 0.25) is 5.92 Å². The second-order valence-electron chi connectivity index (χ2n) is 5.77. The van der Waals surface area contributed by atoms with Crippen LogP contribution in [0.2, 0.25) is 0 Å². The fraction of sp³-hybridized carbons (Fsp3) is 0.529. The molecule has 1 N–H and O–H groups in total. The number of ether oxygens (including phenoxy) is 2. The molecule has 1 fully saturated rings. The molecule has 0 radical (unpaired) electrons. The first kappa shape index (κ1) is 18.2. The standard InChI is InChI=1S/C17H21F2NO4/c1-2-23-15(21)13-10-17(18,19)9-8-14(13)20-16(22)24-11-12-6-4-3-5-7-12/h3-7,13-14H,2,8-11H2,1H3,(H,20,22). The minimum atomic E-state index is -2.93. The third kappa shape index (κ3) is 5.18. The van der Waals surface area contributed by atoms with Crippen LogP contribution >= 0.6 is 0 Å². The molecule has 0 heterocycles. The van der Waals surface area contributed by atoms with E-state index in [1.54, 1.807) is 19.1 Å². The van der Waals surface area contributed by atoms with E-state index in [-0.39, 0.29) is 26.1 Å². The molecule has 0 aliphatic heterocycles. The Balaban J connectivity index is 1.92. The van der Waals surface area contributed by atoms with Gasteiger partial charge in [0.25, 0.3) is 0 Å². The van der Waals surface area contributed by atoms with Gasteiger partial charge in [0.05, 0.1) is 12.5 Å². The van der Waals surface area contributed by atoms with Gasteiger partial charge in [0.1, 0.15) is 6.61 Å². The van der Waals surface area contributed by atoms with Crippen molar-refractivity contribution in [2.24, 2.45) is 5.92 Å². The van der Waals surface area contributed by atoms with Crippen molar-refractivity contribution in [1.29, 1.82) is 0 Å².